The third-order valence-electron chi connectivity index (χ3n) is 2.83. The lowest BCUT2D eigenvalue weighted by Gasteiger charge is -2.23. The monoisotopic (exact) mass is 388 g/mol. The van der Waals surface area contributed by atoms with Gasteiger partial charge >= 0.3 is 0 Å². The zero-order valence-corrected chi connectivity index (χ0v) is 15.5. The minimum atomic E-state index is -3.78. The van der Waals surface area contributed by atoms with E-state index in [1.165, 1.54) is 22.5 Å². The number of hydrogen-bond acceptors (Lipinski definition) is 4. The molecular formula is C12H18Cl2N2O4S2. The van der Waals surface area contributed by atoms with Gasteiger partial charge in [0, 0.05) is 19.1 Å². The van der Waals surface area contributed by atoms with E-state index in [1.807, 2.05) is 0 Å². The summed E-state index contributed by atoms with van der Waals surface area (Å²) in [6, 6.07) is 3.69. The van der Waals surface area contributed by atoms with Crippen LogP contribution < -0.4 is 4.72 Å². The zero-order chi connectivity index (χ0) is 17.1. The fraction of sp³-hybridized carbons (Fsp3) is 0.500. The van der Waals surface area contributed by atoms with Crippen molar-refractivity contribution in [1.82, 2.24) is 9.03 Å². The average Bonchev–Trinajstić information content (AvgIpc) is 2.35. The number of benzene rings is 1. The number of nitrogens with one attached hydrogen (secondary N) is 1. The van der Waals surface area contributed by atoms with Crippen LogP contribution in [0.2, 0.25) is 10.0 Å². The van der Waals surface area contributed by atoms with Crippen LogP contribution in [0.25, 0.3) is 0 Å². The highest BCUT2D eigenvalue weighted by Gasteiger charge is 2.21. The molecule has 0 heterocycles. The van der Waals surface area contributed by atoms with Crippen LogP contribution in [-0.4, -0.2) is 46.5 Å². The first-order valence-corrected chi connectivity index (χ1v) is 10.5. The lowest BCUT2D eigenvalue weighted by Crippen LogP contribution is -2.41. The van der Waals surface area contributed by atoms with Crippen LogP contribution >= 0.6 is 23.2 Å². The second-order valence-corrected chi connectivity index (χ2v) is 9.46. The Hall–Kier alpha value is -0.380. The summed E-state index contributed by atoms with van der Waals surface area (Å²) in [5.74, 6) is 0. The standard InChI is InChI=1S/C12H18Cl2N2O4S2/c1-9(2)16(21(3,17)18)7-6-15-22(19,20)10-4-5-11(13)12(14)8-10/h4-5,8-9,15H,6-7H2,1-3H3. The fourth-order valence-electron chi connectivity index (χ4n) is 1.82. The van der Waals surface area contributed by atoms with Crippen LogP contribution in [0.1, 0.15) is 13.8 Å². The zero-order valence-electron chi connectivity index (χ0n) is 12.4. The van der Waals surface area contributed by atoms with Gasteiger partial charge in [-0.2, -0.15) is 4.31 Å². The molecule has 126 valence electrons. The molecule has 0 saturated carbocycles. The molecule has 0 aliphatic rings. The van der Waals surface area contributed by atoms with E-state index >= 15 is 0 Å². The molecule has 0 bridgehead atoms. The largest absolute Gasteiger partial charge is 0.240 e. The summed E-state index contributed by atoms with van der Waals surface area (Å²) in [5.41, 5.74) is 0. The minimum Gasteiger partial charge on any atom is -0.212 e. The highest BCUT2D eigenvalue weighted by atomic mass is 35.5. The highest BCUT2D eigenvalue weighted by molar-refractivity contribution is 7.89. The van der Waals surface area contributed by atoms with E-state index in [2.05, 4.69) is 4.72 Å². The smallest absolute Gasteiger partial charge is 0.212 e. The Morgan fingerprint density at radius 3 is 2.18 bits per heavy atom. The van der Waals surface area contributed by atoms with Crippen molar-refractivity contribution >= 4 is 43.2 Å². The maximum absolute atomic E-state index is 12.1. The van der Waals surface area contributed by atoms with Crippen molar-refractivity contribution in [1.29, 1.82) is 0 Å². The van der Waals surface area contributed by atoms with Crippen LogP contribution in [0.5, 0.6) is 0 Å². The van der Waals surface area contributed by atoms with Gasteiger partial charge in [-0.25, -0.2) is 21.6 Å². The molecule has 0 fully saturated rings. The van der Waals surface area contributed by atoms with E-state index in [9.17, 15) is 16.8 Å². The summed E-state index contributed by atoms with van der Waals surface area (Å²) >= 11 is 11.5. The molecule has 6 nitrogen and oxygen atoms in total. The molecule has 0 aliphatic carbocycles. The first-order chi connectivity index (χ1) is 9.95. The van der Waals surface area contributed by atoms with Crippen molar-refractivity contribution in [3.8, 4) is 0 Å². The third kappa shape index (κ3) is 5.36. The molecule has 1 aromatic rings. The number of rotatable bonds is 7. The van der Waals surface area contributed by atoms with E-state index in [0.717, 1.165) is 6.26 Å². The van der Waals surface area contributed by atoms with Gasteiger partial charge in [0.05, 0.1) is 21.2 Å². The summed E-state index contributed by atoms with van der Waals surface area (Å²) < 4.78 is 51.0. The van der Waals surface area contributed by atoms with E-state index in [0.29, 0.717) is 0 Å². The molecule has 0 unspecified atom stereocenters. The normalized spacial score (nSPS) is 13.0. The van der Waals surface area contributed by atoms with E-state index in [-0.39, 0.29) is 34.1 Å². The van der Waals surface area contributed by atoms with Crippen molar-refractivity contribution < 1.29 is 16.8 Å². The Labute approximate surface area is 141 Å². The van der Waals surface area contributed by atoms with Gasteiger partial charge in [-0.05, 0) is 32.0 Å². The molecule has 22 heavy (non-hydrogen) atoms. The Morgan fingerprint density at radius 1 is 1.14 bits per heavy atom. The van der Waals surface area contributed by atoms with Gasteiger partial charge in [-0.15, -0.1) is 0 Å². The van der Waals surface area contributed by atoms with E-state index < -0.39 is 20.0 Å². The lowest BCUT2D eigenvalue weighted by atomic mass is 10.4. The number of sulfonamides is 2. The van der Waals surface area contributed by atoms with Crippen LogP contribution in [0, 0.1) is 0 Å². The summed E-state index contributed by atoms with van der Waals surface area (Å²) in [7, 11) is -7.18. The van der Waals surface area contributed by atoms with Gasteiger partial charge < -0.3 is 0 Å². The summed E-state index contributed by atoms with van der Waals surface area (Å²) in [5, 5.41) is 0.383. The quantitative estimate of drug-likeness (QED) is 0.773. The van der Waals surface area contributed by atoms with Crippen LogP contribution in [0.4, 0.5) is 0 Å². The number of hydrogen-bond donors (Lipinski definition) is 1. The number of nitrogens with zero attached hydrogens (tertiary/aromatic N) is 1. The maximum Gasteiger partial charge on any atom is 0.240 e. The topological polar surface area (TPSA) is 83.6 Å². The van der Waals surface area contributed by atoms with Crippen molar-refractivity contribution in [2.75, 3.05) is 19.3 Å². The molecule has 0 radical (unpaired) electrons. The van der Waals surface area contributed by atoms with Crippen molar-refractivity contribution in [3.63, 3.8) is 0 Å². The molecule has 0 spiro atoms. The van der Waals surface area contributed by atoms with Crippen LogP contribution in [-0.2, 0) is 20.0 Å². The van der Waals surface area contributed by atoms with Gasteiger partial charge in [0.1, 0.15) is 0 Å². The molecule has 1 aromatic carbocycles. The Morgan fingerprint density at radius 2 is 1.73 bits per heavy atom. The highest BCUT2D eigenvalue weighted by Crippen LogP contribution is 2.24. The van der Waals surface area contributed by atoms with Gasteiger partial charge in [0.25, 0.3) is 0 Å². The third-order valence-corrected chi connectivity index (χ3v) is 6.48. The second kappa shape index (κ2) is 7.46. The van der Waals surface area contributed by atoms with Crippen molar-refractivity contribution in [2.24, 2.45) is 0 Å². The molecule has 0 aromatic heterocycles. The van der Waals surface area contributed by atoms with Gasteiger partial charge in [0.2, 0.25) is 20.0 Å². The SMILES string of the molecule is CC(C)N(CCNS(=O)(=O)c1ccc(Cl)c(Cl)c1)S(C)(=O)=O. The van der Waals surface area contributed by atoms with Gasteiger partial charge in [-0.3, -0.25) is 0 Å². The summed E-state index contributed by atoms with van der Waals surface area (Å²) in [6.45, 7) is 3.42. The molecule has 0 atom stereocenters. The Kier molecular flexibility index (Phi) is 6.67. The fourth-order valence-corrected chi connectivity index (χ4v) is 4.42. The van der Waals surface area contributed by atoms with Crippen LogP contribution in [0.3, 0.4) is 0 Å². The van der Waals surface area contributed by atoms with Gasteiger partial charge in [0.15, 0.2) is 0 Å². The van der Waals surface area contributed by atoms with Crippen molar-refractivity contribution in [2.45, 2.75) is 24.8 Å². The average molecular weight is 389 g/mol. The second-order valence-electron chi connectivity index (χ2n) is 4.94. The molecule has 0 saturated heterocycles. The molecule has 10 heteroatoms. The molecule has 1 rings (SSSR count). The molecule has 1 N–H and O–H groups in total. The van der Waals surface area contributed by atoms with E-state index in [1.54, 1.807) is 13.8 Å². The molecule has 0 aliphatic heterocycles. The predicted octanol–water partition coefficient (Wildman–Crippen LogP) is 1.94. The Bertz CT molecular complexity index is 733. The molecule has 0 amide bonds. The first kappa shape index (κ1) is 19.7. The molecular weight excluding hydrogens is 371 g/mol. The van der Waals surface area contributed by atoms with E-state index in [4.69, 9.17) is 23.2 Å². The van der Waals surface area contributed by atoms with Crippen LogP contribution in [0.15, 0.2) is 23.1 Å². The predicted molar refractivity (Wildman–Crippen MR) is 88.3 cm³/mol. The summed E-state index contributed by atoms with van der Waals surface area (Å²) in [4.78, 5) is -0.0302. The van der Waals surface area contributed by atoms with Crippen molar-refractivity contribution in [3.05, 3.63) is 28.2 Å². The number of halogens is 2. The van der Waals surface area contributed by atoms with Gasteiger partial charge in [-0.1, -0.05) is 23.2 Å². The summed E-state index contributed by atoms with van der Waals surface area (Å²) in [6.07, 6.45) is 1.08. The minimum absolute atomic E-state index is 0.0302. The maximum atomic E-state index is 12.1. The lowest BCUT2D eigenvalue weighted by molar-refractivity contribution is 0.360. The Balaban J connectivity index is 2.80. The first-order valence-electron chi connectivity index (χ1n) is 6.36.